The number of para-hydroxylation sites is 1. The van der Waals surface area contributed by atoms with E-state index in [0.29, 0.717) is 54.9 Å². The van der Waals surface area contributed by atoms with Gasteiger partial charge in [0.05, 0.1) is 5.52 Å². The molecule has 1 aromatic heterocycles. The number of aryl methyl sites for hydroxylation is 1. The number of aromatic nitrogens is 1. The molecule has 0 radical (unpaired) electrons. The van der Waals surface area contributed by atoms with Crippen molar-refractivity contribution in [2.75, 3.05) is 13.1 Å². The molecule has 1 heterocycles. The summed E-state index contributed by atoms with van der Waals surface area (Å²) in [5.74, 6) is 2.36. The van der Waals surface area contributed by atoms with Crippen LogP contribution >= 0.6 is 0 Å². The highest BCUT2D eigenvalue weighted by molar-refractivity contribution is 5.94. The van der Waals surface area contributed by atoms with Crippen molar-refractivity contribution in [1.29, 1.82) is 0 Å². The van der Waals surface area contributed by atoms with Gasteiger partial charge in [0.2, 0.25) is 11.8 Å². The minimum Gasteiger partial charge on any atom is -0.354 e. The Kier molecular flexibility index (Phi) is 9.08. The Labute approximate surface area is 283 Å². The Hall–Kier alpha value is -3.74. The normalized spacial score (nSPS) is 29.5. The molecule has 4 aliphatic carbocycles. The number of benzene rings is 2. The number of fused-ring (bicyclic) bond motifs is 7. The fourth-order valence-electron chi connectivity index (χ4n) is 10.6. The number of ketones is 1. The summed E-state index contributed by atoms with van der Waals surface area (Å²) in [7, 11) is 0. The molecule has 3 saturated carbocycles. The number of hydrogen-bond donors (Lipinski definition) is 3. The lowest BCUT2D eigenvalue weighted by Gasteiger charge is -2.58. The van der Waals surface area contributed by atoms with Crippen LogP contribution in [0.25, 0.3) is 21.8 Å². The molecule has 7 heteroatoms. The standard InChI is InChI=1S/C41H51N3O4/c1-40-21-19-28(45)25-27(40)15-16-29-31-17-18-33(41(31,2)22-20-32(29)40)39(48)43-24-23-42-36(46)14-5-3-4-9-26-10-8-13-35-37(26)38(47)30-11-6-7-12-34(30)44-35/h6-8,10-13,25,29,31-33H,3-5,9,14-24H2,1-2H3,(H,42,46)(H,43,48)(H,44,47)/t29-,31-,32-,33?,40-,41-/m0/s1. The molecule has 1 unspecified atom stereocenters. The molecule has 0 bridgehead atoms. The zero-order valence-electron chi connectivity index (χ0n) is 28.7. The van der Waals surface area contributed by atoms with Crippen molar-refractivity contribution in [3.8, 4) is 0 Å². The molecule has 0 aliphatic heterocycles. The second-order valence-electron chi connectivity index (χ2n) is 15.7. The molecule has 254 valence electrons. The molecule has 2 aromatic carbocycles. The third-order valence-electron chi connectivity index (χ3n) is 13.2. The van der Waals surface area contributed by atoms with Crippen LogP contribution in [-0.2, 0) is 20.8 Å². The summed E-state index contributed by atoms with van der Waals surface area (Å²) < 4.78 is 0. The van der Waals surface area contributed by atoms with E-state index in [1.807, 2.05) is 48.5 Å². The monoisotopic (exact) mass is 649 g/mol. The van der Waals surface area contributed by atoms with Gasteiger partial charge in [0.1, 0.15) is 0 Å². The zero-order chi connectivity index (χ0) is 33.5. The fourth-order valence-corrected chi connectivity index (χ4v) is 10.6. The highest BCUT2D eigenvalue weighted by Crippen LogP contribution is 2.66. The number of aromatic amines is 1. The quantitative estimate of drug-likeness (QED) is 0.160. The largest absolute Gasteiger partial charge is 0.354 e. The lowest BCUT2D eigenvalue weighted by Crippen LogP contribution is -2.52. The molecule has 3 N–H and O–H groups in total. The van der Waals surface area contributed by atoms with Crippen molar-refractivity contribution in [3.63, 3.8) is 0 Å². The molecule has 7 rings (SSSR count). The van der Waals surface area contributed by atoms with Gasteiger partial charge in [0.25, 0.3) is 0 Å². The van der Waals surface area contributed by atoms with E-state index in [9.17, 15) is 19.2 Å². The van der Waals surface area contributed by atoms with Gasteiger partial charge in [-0.3, -0.25) is 19.2 Å². The Morgan fingerprint density at radius 2 is 1.65 bits per heavy atom. The first-order valence-corrected chi connectivity index (χ1v) is 18.5. The topological polar surface area (TPSA) is 108 Å². The molecule has 3 fully saturated rings. The maximum atomic E-state index is 13.5. The van der Waals surface area contributed by atoms with Gasteiger partial charge in [-0.05, 0) is 123 Å². The van der Waals surface area contributed by atoms with E-state index in [2.05, 4.69) is 29.5 Å². The van der Waals surface area contributed by atoms with Crippen molar-refractivity contribution in [2.45, 2.75) is 97.3 Å². The highest BCUT2D eigenvalue weighted by Gasteiger charge is 2.60. The van der Waals surface area contributed by atoms with Crippen molar-refractivity contribution in [3.05, 3.63) is 69.9 Å². The van der Waals surface area contributed by atoms with Gasteiger partial charge in [-0.25, -0.2) is 0 Å². The molecule has 7 nitrogen and oxygen atoms in total. The smallest absolute Gasteiger partial charge is 0.223 e. The second kappa shape index (κ2) is 13.3. The van der Waals surface area contributed by atoms with Crippen LogP contribution in [0.1, 0.15) is 96.5 Å². The maximum absolute atomic E-state index is 13.5. The molecular weight excluding hydrogens is 598 g/mol. The van der Waals surface area contributed by atoms with Gasteiger partial charge in [-0.15, -0.1) is 0 Å². The number of carbonyl (C=O) groups is 3. The van der Waals surface area contributed by atoms with Crippen LogP contribution in [0.3, 0.4) is 0 Å². The van der Waals surface area contributed by atoms with Crippen LogP contribution in [0.15, 0.2) is 58.9 Å². The Bertz CT molecular complexity index is 1830. The van der Waals surface area contributed by atoms with E-state index >= 15 is 0 Å². The maximum Gasteiger partial charge on any atom is 0.223 e. The summed E-state index contributed by atoms with van der Waals surface area (Å²) in [5, 5.41) is 7.64. The Morgan fingerprint density at radius 3 is 2.52 bits per heavy atom. The van der Waals surface area contributed by atoms with E-state index in [4.69, 9.17) is 0 Å². The fraction of sp³-hybridized carbons (Fsp3) is 0.561. The van der Waals surface area contributed by atoms with Crippen molar-refractivity contribution >= 4 is 39.4 Å². The van der Waals surface area contributed by atoms with Crippen molar-refractivity contribution < 1.29 is 14.4 Å². The predicted molar refractivity (Wildman–Crippen MR) is 190 cm³/mol. The molecule has 2 amide bonds. The van der Waals surface area contributed by atoms with Crippen LogP contribution in [0, 0.1) is 34.5 Å². The summed E-state index contributed by atoms with van der Waals surface area (Å²) >= 11 is 0. The van der Waals surface area contributed by atoms with Crippen molar-refractivity contribution in [2.24, 2.45) is 34.5 Å². The Balaban J connectivity index is 0.834. The van der Waals surface area contributed by atoms with E-state index in [1.165, 1.54) is 5.57 Å². The van der Waals surface area contributed by atoms with Crippen LogP contribution in [0.2, 0.25) is 0 Å². The number of nitrogens with one attached hydrogen (secondary N) is 3. The Morgan fingerprint density at radius 1 is 0.833 bits per heavy atom. The van der Waals surface area contributed by atoms with Crippen LogP contribution in [0.4, 0.5) is 0 Å². The van der Waals surface area contributed by atoms with E-state index < -0.39 is 0 Å². The van der Waals surface area contributed by atoms with Gasteiger partial charge < -0.3 is 15.6 Å². The third-order valence-corrected chi connectivity index (χ3v) is 13.2. The average Bonchev–Trinajstić information content (AvgIpc) is 3.44. The molecule has 48 heavy (non-hydrogen) atoms. The van der Waals surface area contributed by atoms with E-state index in [1.54, 1.807) is 0 Å². The van der Waals surface area contributed by atoms with Gasteiger partial charge in [0.15, 0.2) is 11.2 Å². The van der Waals surface area contributed by atoms with Gasteiger partial charge in [-0.1, -0.05) is 50.1 Å². The van der Waals surface area contributed by atoms with Crippen LogP contribution < -0.4 is 16.1 Å². The average molecular weight is 650 g/mol. The summed E-state index contributed by atoms with van der Waals surface area (Å²) in [6.45, 7) is 5.68. The van der Waals surface area contributed by atoms with E-state index in [-0.39, 0.29) is 34.0 Å². The summed E-state index contributed by atoms with van der Waals surface area (Å²) in [5.41, 5.74) is 4.43. The summed E-state index contributed by atoms with van der Waals surface area (Å²) in [6, 6.07) is 13.6. The summed E-state index contributed by atoms with van der Waals surface area (Å²) in [4.78, 5) is 54.8. The second-order valence-corrected chi connectivity index (χ2v) is 15.7. The number of amides is 2. The predicted octanol–water partition coefficient (Wildman–Crippen LogP) is 7.16. The number of carbonyl (C=O) groups excluding carboxylic acids is 3. The lowest BCUT2D eigenvalue weighted by atomic mass is 9.47. The number of pyridine rings is 1. The molecule has 0 saturated heterocycles. The molecule has 4 aliphatic rings. The number of H-pyrrole nitrogens is 1. The van der Waals surface area contributed by atoms with E-state index in [0.717, 1.165) is 92.6 Å². The van der Waals surface area contributed by atoms with Crippen LogP contribution in [0.5, 0.6) is 0 Å². The van der Waals surface area contributed by atoms with Gasteiger partial charge in [-0.2, -0.15) is 0 Å². The zero-order valence-corrected chi connectivity index (χ0v) is 28.7. The molecule has 3 aromatic rings. The number of rotatable bonds is 10. The minimum absolute atomic E-state index is 0.0205. The highest BCUT2D eigenvalue weighted by atomic mass is 16.2. The van der Waals surface area contributed by atoms with Crippen LogP contribution in [-0.4, -0.2) is 35.7 Å². The molecule has 0 spiro atoms. The minimum atomic E-state index is 0.0205. The summed E-state index contributed by atoms with van der Waals surface area (Å²) in [6.07, 6.45) is 14.0. The first kappa shape index (κ1) is 32.8. The molecular formula is C41H51N3O4. The van der Waals surface area contributed by atoms with Gasteiger partial charge >= 0.3 is 0 Å². The first-order valence-electron chi connectivity index (χ1n) is 18.5. The number of allylic oxidation sites excluding steroid dienone is 1. The number of unbranched alkanes of at least 4 members (excludes halogenated alkanes) is 2. The third kappa shape index (κ3) is 5.92. The number of hydrogen-bond acceptors (Lipinski definition) is 4. The van der Waals surface area contributed by atoms with Crippen molar-refractivity contribution in [1.82, 2.24) is 15.6 Å². The lowest BCUT2D eigenvalue weighted by molar-refractivity contribution is -0.132. The molecule has 6 atom stereocenters. The SMILES string of the molecule is C[C@]12CCC(=O)C=C1CC[C@@H]1[C@@H]2CC[C@]2(C)C(C(=O)NCCNC(=O)CCCCCc3cccc4[nH]c5ccccc5c(=O)c34)CC[C@@H]12. The van der Waals surface area contributed by atoms with Gasteiger partial charge in [0, 0.05) is 48.1 Å². The first-order chi connectivity index (χ1) is 23.2.